The lowest BCUT2D eigenvalue weighted by molar-refractivity contribution is -0.132. The van der Waals surface area contributed by atoms with Crippen molar-refractivity contribution < 1.29 is 14.0 Å². The van der Waals surface area contributed by atoms with Crippen LogP contribution in [0.1, 0.15) is 61.8 Å². The Morgan fingerprint density at radius 1 is 1.13 bits per heavy atom. The van der Waals surface area contributed by atoms with Gasteiger partial charge in [0.15, 0.2) is 5.78 Å². The average Bonchev–Trinajstić information content (AvgIpc) is 3.61. The van der Waals surface area contributed by atoms with Crippen molar-refractivity contribution in [1.29, 1.82) is 0 Å². The quantitative estimate of drug-likeness (QED) is 0.390. The molecule has 0 saturated heterocycles. The number of nitrogens with zero attached hydrogens (tertiary/aromatic N) is 4. The normalized spacial score (nSPS) is 18.3. The average molecular weight is 526 g/mol. The number of benzene rings is 1. The third-order valence-corrected chi connectivity index (χ3v) is 8.73. The summed E-state index contributed by atoms with van der Waals surface area (Å²) in [6.45, 7) is 1.73. The van der Waals surface area contributed by atoms with Gasteiger partial charge >= 0.3 is 0 Å². The van der Waals surface area contributed by atoms with Crippen LogP contribution in [0, 0.1) is 11.7 Å². The number of fused-ring (bicyclic) bond motifs is 1. The molecule has 1 fully saturated rings. The SMILES string of the molecule is O=C1CNC(c2cnc3ccccn23)=C1c1cn2c3c(cc(F)cc13)CN(C(=O)CCC1CCCCC1)CC2. The second kappa shape index (κ2) is 9.67. The van der Waals surface area contributed by atoms with E-state index in [1.54, 1.807) is 12.3 Å². The van der Waals surface area contributed by atoms with Crippen LogP contribution in [0.4, 0.5) is 4.39 Å². The zero-order valence-electron chi connectivity index (χ0n) is 22.0. The molecular weight excluding hydrogens is 493 g/mol. The lowest BCUT2D eigenvalue weighted by Gasteiger charge is -2.24. The van der Waals surface area contributed by atoms with E-state index in [2.05, 4.69) is 14.9 Å². The number of imidazole rings is 1. The molecule has 5 heterocycles. The number of pyridine rings is 1. The van der Waals surface area contributed by atoms with Crippen molar-refractivity contribution in [2.45, 2.75) is 58.0 Å². The number of halogens is 1. The summed E-state index contributed by atoms with van der Waals surface area (Å²) in [6.07, 6.45) is 13.5. The molecule has 39 heavy (non-hydrogen) atoms. The summed E-state index contributed by atoms with van der Waals surface area (Å²) < 4.78 is 19.1. The largest absolute Gasteiger partial charge is 0.375 e. The summed E-state index contributed by atoms with van der Waals surface area (Å²) in [6, 6.07) is 8.84. The molecule has 7 rings (SSSR count). The molecule has 2 aliphatic heterocycles. The highest BCUT2D eigenvalue weighted by Crippen LogP contribution is 2.38. The number of rotatable bonds is 5. The minimum atomic E-state index is -0.358. The Hall–Kier alpha value is -3.94. The van der Waals surface area contributed by atoms with Crippen molar-refractivity contribution in [3.63, 3.8) is 0 Å². The van der Waals surface area contributed by atoms with Gasteiger partial charge in [0.2, 0.25) is 5.91 Å². The molecule has 7 nitrogen and oxygen atoms in total. The predicted molar refractivity (Wildman–Crippen MR) is 148 cm³/mol. The summed E-state index contributed by atoms with van der Waals surface area (Å²) in [7, 11) is 0. The zero-order chi connectivity index (χ0) is 26.5. The van der Waals surface area contributed by atoms with Gasteiger partial charge < -0.3 is 14.8 Å². The lowest BCUT2D eigenvalue weighted by atomic mass is 9.86. The first-order valence-electron chi connectivity index (χ1n) is 14.1. The smallest absolute Gasteiger partial charge is 0.222 e. The van der Waals surface area contributed by atoms with Crippen LogP contribution in [0.5, 0.6) is 0 Å². The van der Waals surface area contributed by atoms with Crippen molar-refractivity contribution >= 4 is 39.5 Å². The van der Waals surface area contributed by atoms with Gasteiger partial charge in [0.05, 0.1) is 35.2 Å². The second-order valence-electron chi connectivity index (χ2n) is 11.2. The van der Waals surface area contributed by atoms with Crippen LogP contribution in [0.2, 0.25) is 0 Å². The van der Waals surface area contributed by atoms with E-state index in [0.29, 0.717) is 48.6 Å². The monoisotopic (exact) mass is 525 g/mol. The van der Waals surface area contributed by atoms with E-state index in [9.17, 15) is 9.59 Å². The van der Waals surface area contributed by atoms with Crippen LogP contribution >= 0.6 is 0 Å². The number of ketones is 1. The molecular formula is C31H32FN5O2. The molecule has 1 aromatic carbocycles. The molecule has 1 aliphatic carbocycles. The van der Waals surface area contributed by atoms with Gasteiger partial charge in [-0.15, -0.1) is 0 Å². The molecule has 3 aliphatic rings. The van der Waals surface area contributed by atoms with E-state index in [4.69, 9.17) is 0 Å². The highest BCUT2D eigenvalue weighted by molar-refractivity contribution is 6.33. The Morgan fingerprint density at radius 2 is 2.00 bits per heavy atom. The van der Waals surface area contributed by atoms with Crippen molar-refractivity contribution in [1.82, 2.24) is 24.2 Å². The van der Waals surface area contributed by atoms with Crippen LogP contribution in [-0.2, 0) is 22.7 Å². The summed E-state index contributed by atoms with van der Waals surface area (Å²) in [5.41, 5.74) is 5.26. The van der Waals surface area contributed by atoms with E-state index in [0.717, 1.165) is 34.4 Å². The van der Waals surface area contributed by atoms with Gasteiger partial charge in [0.25, 0.3) is 0 Å². The highest BCUT2D eigenvalue weighted by atomic mass is 19.1. The number of nitrogens with one attached hydrogen (secondary N) is 1. The van der Waals surface area contributed by atoms with Crippen molar-refractivity contribution in [3.8, 4) is 0 Å². The van der Waals surface area contributed by atoms with Crippen LogP contribution in [0.15, 0.2) is 48.9 Å². The van der Waals surface area contributed by atoms with Crippen molar-refractivity contribution in [2.24, 2.45) is 5.92 Å². The molecule has 1 N–H and O–H groups in total. The van der Waals surface area contributed by atoms with E-state index in [1.165, 1.54) is 38.2 Å². The number of carbonyl (C=O) groups is 2. The number of aromatic nitrogens is 3. The molecule has 0 atom stereocenters. The summed E-state index contributed by atoms with van der Waals surface area (Å²) >= 11 is 0. The van der Waals surface area contributed by atoms with E-state index in [1.807, 2.05) is 39.9 Å². The van der Waals surface area contributed by atoms with Gasteiger partial charge in [-0.1, -0.05) is 38.2 Å². The van der Waals surface area contributed by atoms with Gasteiger partial charge in [0.1, 0.15) is 11.5 Å². The van der Waals surface area contributed by atoms with Crippen LogP contribution in [0.25, 0.3) is 27.8 Å². The molecule has 1 amide bonds. The minimum Gasteiger partial charge on any atom is -0.375 e. The Morgan fingerprint density at radius 3 is 2.87 bits per heavy atom. The fraction of sp³-hybridized carbons (Fsp3) is 0.387. The molecule has 1 saturated carbocycles. The molecule has 4 aromatic rings. The second-order valence-corrected chi connectivity index (χ2v) is 11.2. The summed E-state index contributed by atoms with van der Waals surface area (Å²) in [5.74, 6) is 0.414. The number of carbonyl (C=O) groups excluding carboxylic acids is 2. The fourth-order valence-electron chi connectivity index (χ4n) is 6.78. The molecule has 0 spiro atoms. The van der Waals surface area contributed by atoms with Gasteiger partial charge in [-0.25, -0.2) is 9.37 Å². The fourth-order valence-corrected chi connectivity index (χ4v) is 6.78. The van der Waals surface area contributed by atoms with Gasteiger partial charge in [0, 0.05) is 49.4 Å². The minimum absolute atomic E-state index is 0.0303. The van der Waals surface area contributed by atoms with Crippen molar-refractivity contribution in [3.05, 3.63) is 71.6 Å². The predicted octanol–water partition coefficient (Wildman–Crippen LogP) is 5.17. The molecule has 0 unspecified atom stereocenters. The Balaban J connectivity index is 1.25. The number of amides is 1. The zero-order valence-corrected chi connectivity index (χ0v) is 22.0. The maximum Gasteiger partial charge on any atom is 0.222 e. The summed E-state index contributed by atoms with van der Waals surface area (Å²) in [5, 5.41) is 3.98. The Bertz CT molecular complexity index is 1640. The molecule has 8 heteroatoms. The number of Topliss-reactive ketones (excluding diaryl/α,β-unsaturated/α-hetero) is 1. The van der Waals surface area contributed by atoms with Crippen LogP contribution in [-0.4, -0.2) is 43.6 Å². The maximum atomic E-state index is 15.1. The Kier molecular flexibility index (Phi) is 5.98. The molecule has 200 valence electrons. The Labute approximate surface area is 226 Å². The van der Waals surface area contributed by atoms with Gasteiger partial charge in [-0.05, 0) is 42.2 Å². The number of hydrogen-bond acceptors (Lipinski definition) is 4. The third kappa shape index (κ3) is 4.22. The highest BCUT2D eigenvalue weighted by Gasteiger charge is 2.31. The molecule has 3 aromatic heterocycles. The number of hydrogen-bond donors (Lipinski definition) is 1. The van der Waals surface area contributed by atoms with Crippen LogP contribution < -0.4 is 5.32 Å². The van der Waals surface area contributed by atoms with Gasteiger partial charge in [-0.3, -0.25) is 14.0 Å². The van der Waals surface area contributed by atoms with E-state index >= 15 is 4.39 Å². The molecule has 0 bridgehead atoms. The maximum absolute atomic E-state index is 15.1. The first-order valence-corrected chi connectivity index (χ1v) is 14.1. The van der Waals surface area contributed by atoms with Gasteiger partial charge in [-0.2, -0.15) is 0 Å². The summed E-state index contributed by atoms with van der Waals surface area (Å²) in [4.78, 5) is 32.9. The third-order valence-electron chi connectivity index (χ3n) is 8.73. The van der Waals surface area contributed by atoms with E-state index < -0.39 is 0 Å². The first kappa shape index (κ1) is 24.1. The first-order chi connectivity index (χ1) is 19.1. The topological polar surface area (TPSA) is 71.6 Å². The molecule has 0 radical (unpaired) electrons. The van der Waals surface area contributed by atoms with Crippen LogP contribution in [0.3, 0.4) is 0 Å². The standard InChI is InChI=1S/C31H32FN5O2/c32-22-14-21-18-35(28(39)10-9-20-6-2-1-3-7-20)12-13-36-19-24(23(15-22)31(21)36)29-26(38)17-34-30(29)25-16-33-27-8-4-5-11-37(25)27/h4-5,8,11,14-16,19-20,34H,1-3,6-7,9-10,12-13,17-18H2. The van der Waals surface area contributed by atoms with E-state index in [-0.39, 0.29) is 24.1 Å². The van der Waals surface area contributed by atoms with Crippen molar-refractivity contribution in [2.75, 3.05) is 13.1 Å². The lowest BCUT2D eigenvalue weighted by Crippen LogP contribution is -2.32.